The van der Waals surface area contributed by atoms with Crippen LogP contribution in [0.3, 0.4) is 0 Å². The molecule has 0 atom stereocenters. The number of carboxylic acid groups (broad SMARTS) is 1. The molecular formula is C17H18N6O4. The van der Waals surface area contributed by atoms with Gasteiger partial charge in [-0.05, 0) is 30.7 Å². The third-order valence-electron chi connectivity index (χ3n) is 3.88. The number of hydrogen-bond acceptors (Lipinski definition) is 7. The Morgan fingerprint density at radius 2 is 2.11 bits per heavy atom. The van der Waals surface area contributed by atoms with Crippen molar-refractivity contribution >= 4 is 17.5 Å². The first-order valence-electron chi connectivity index (χ1n) is 8.00. The van der Waals surface area contributed by atoms with Gasteiger partial charge in [-0.2, -0.15) is 0 Å². The molecule has 0 bridgehead atoms. The Kier molecular flexibility index (Phi) is 4.81. The van der Waals surface area contributed by atoms with E-state index in [0.29, 0.717) is 23.5 Å². The van der Waals surface area contributed by atoms with Crippen LogP contribution in [0.15, 0.2) is 35.3 Å². The molecule has 0 unspecified atom stereocenters. The van der Waals surface area contributed by atoms with E-state index in [1.54, 1.807) is 24.4 Å². The Bertz CT molecular complexity index is 1060. The molecule has 10 heteroatoms. The van der Waals surface area contributed by atoms with Crippen molar-refractivity contribution < 1.29 is 14.6 Å². The van der Waals surface area contributed by atoms with Gasteiger partial charge in [-0.15, -0.1) is 0 Å². The summed E-state index contributed by atoms with van der Waals surface area (Å²) >= 11 is 0. The minimum absolute atomic E-state index is 0.0528. The molecule has 27 heavy (non-hydrogen) atoms. The summed E-state index contributed by atoms with van der Waals surface area (Å²) in [7, 11) is 0. The van der Waals surface area contributed by atoms with E-state index in [1.165, 1.54) is 6.07 Å². The predicted molar refractivity (Wildman–Crippen MR) is 100 cm³/mol. The van der Waals surface area contributed by atoms with Crippen LogP contribution in [-0.4, -0.2) is 32.6 Å². The highest BCUT2D eigenvalue weighted by Gasteiger charge is 2.15. The normalized spacial score (nSPS) is 10.6. The van der Waals surface area contributed by atoms with Crippen LogP contribution in [0.1, 0.15) is 17.4 Å². The minimum atomic E-state index is -1.05. The van der Waals surface area contributed by atoms with Crippen LogP contribution in [-0.2, 0) is 0 Å². The summed E-state index contributed by atoms with van der Waals surface area (Å²) < 4.78 is 5.68. The van der Waals surface area contributed by atoms with Gasteiger partial charge in [0.05, 0.1) is 12.2 Å². The number of H-pyrrole nitrogens is 2. The molecule has 0 fully saturated rings. The third kappa shape index (κ3) is 3.46. The molecule has 0 aliphatic carbocycles. The van der Waals surface area contributed by atoms with E-state index in [2.05, 4.69) is 20.4 Å². The predicted octanol–water partition coefficient (Wildman–Crippen LogP) is 1.40. The van der Waals surface area contributed by atoms with Crippen molar-refractivity contribution in [3.05, 3.63) is 46.5 Å². The maximum Gasteiger partial charge on any atom is 0.352 e. The molecule has 0 aliphatic heterocycles. The number of rotatable bonds is 6. The van der Waals surface area contributed by atoms with Crippen molar-refractivity contribution in [3.8, 4) is 28.3 Å². The first-order valence-corrected chi connectivity index (χ1v) is 8.00. The van der Waals surface area contributed by atoms with Gasteiger partial charge in [0, 0.05) is 11.8 Å². The number of nitrogen functional groups attached to an aromatic ring is 2. The van der Waals surface area contributed by atoms with Crippen LogP contribution < -0.4 is 27.3 Å². The molecule has 0 saturated carbocycles. The van der Waals surface area contributed by atoms with E-state index in [-0.39, 0.29) is 23.0 Å². The largest absolute Gasteiger partial charge is 0.493 e. The average molecular weight is 370 g/mol. The molecule has 0 amide bonds. The summed E-state index contributed by atoms with van der Waals surface area (Å²) in [4.78, 5) is 32.6. The summed E-state index contributed by atoms with van der Waals surface area (Å²) in [6.07, 6.45) is 1.59. The van der Waals surface area contributed by atoms with Gasteiger partial charge in [-0.3, -0.25) is 4.79 Å². The Morgan fingerprint density at radius 1 is 1.33 bits per heavy atom. The second-order valence-electron chi connectivity index (χ2n) is 5.57. The highest BCUT2D eigenvalue weighted by atomic mass is 16.5. The number of hydrazine groups is 1. The smallest absolute Gasteiger partial charge is 0.352 e. The van der Waals surface area contributed by atoms with Crippen molar-refractivity contribution in [3.63, 3.8) is 0 Å². The lowest BCUT2D eigenvalue weighted by Gasteiger charge is -2.13. The summed E-state index contributed by atoms with van der Waals surface area (Å²) in [5.74, 6) is 5.06. The lowest BCUT2D eigenvalue weighted by Crippen LogP contribution is -2.20. The number of carboxylic acids is 1. The number of nitrogens with two attached hydrogens (primary N) is 2. The number of nitrogens with one attached hydrogen (secondary N) is 3. The Balaban J connectivity index is 2.10. The Morgan fingerprint density at radius 3 is 2.74 bits per heavy atom. The number of carbonyl (C=O) groups is 1. The molecule has 1 aromatic carbocycles. The standard InChI is InChI=1S/C17H18N6O4/c1-2-27-12-6-8(9-5-11(17(25)26)20-7-9)3-4-10(12)14-21-15(23-19)13(18)16(24)22-14/h3-7,20H,2,18-19H2,1H3,(H,25,26)(H2,21,22,23,24). The van der Waals surface area contributed by atoms with E-state index in [0.717, 1.165) is 5.56 Å². The molecule has 0 spiro atoms. The minimum Gasteiger partial charge on any atom is -0.493 e. The van der Waals surface area contributed by atoms with Crippen LogP contribution >= 0.6 is 0 Å². The zero-order chi connectivity index (χ0) is 19.6. The fraction of sp³-hybridized carbons (Fsp3) is 0.118. The maximum absolute atomic E-state index is 12.0. The summed E-state index contributed by atoms with van der Waals surface area (Å²) in [5, 5.41) is 9.05. The van der Waals surface area contributed by atoms with E-state index < -0.39 is 11.5 Å². The SMILES string of the molecule is CCOc1cc(-c2c[nH]c(C(=O)O)c2)ccc1-c1nc(NN)c(N)c(=O)[nH]1. The first kappa shape index (κ1) is 18.0. The molecule has 2 aromatic heterocycles. The zero-order valence-electron chi connectivity index (χ0n) is 14.4. The quantitative estimate of drug-likeness (QED) is 0.279. The summed E-state index contributed by atoms with van der Waals surface area (Å²) in [6, 6.07) is 6.73. The van der Waals surface area contributed by atoms with Crippen molar-refractivity contribution in [2.45, 2.75) is 6.92 Å². The van der Waals surface area contributed by atoms with Crippen molar-refractivity contribution in [1.82, 2.24) is 15.0 Å². The highest BCUT2D eigenvalue weighted by molar-refractivity contribution is 5.88. The number of ether oxygens (including phenoxy) is 1. The number of anilines is 2. The van der Waals surface area contributed by atoms with Gasteiger partial charge in [0.1, 0.15) is 23.0 Å². The van der Waals surface area contributed by atoms with E-state index in [1.807, 2.05) is 6.92 Å². The molecule has 0 radical (unpaired) electrons. The van der Waals surface area contributed by atoms with Crippen LogP contribution in [0, 0.1) is 0 Å². The van der Waals surface area contributed by atoms with Crippen molar-refractivity contribution in [2.24, 2.45) is 5.84 Å². The van der Waals surface area contributed by atoms with E-state index in [4.69, 9.17) is 21.4 Å². The van der Waals surface area contributed by atoms with Gasteiger partial charge in [0.15, 0.2) is 5.82 Å². The van der Waals surface area contributed by atoms with Crippen LogP contribution in [0.2, 0.25) is 0 Å². The molecule has 3 aromatic rings. The van der Waals surface area contributed by atoms with E-state index in [9.17, 15) is 9.59 Å². The molecule has 0 saturated heterocycles. The van der Waals surface area contributed by atoms with Crippen LogP contribution in [0.4, 0.5) is 11.5 Å². The zero-order valence-corrected chi connectivity index (χ0v) is 14.4. The molecule has 140 valence electrons. The van der Waals surface area contributed by atoms with Crippen molar-refractivity contribution in [2.75, 3.05) is 17.8 Å². The summed E-state index contributed by atoms with van der Waals surface area (Å²) in [6.45, 7) is 2.20. The Labute approximate surface area is 153 Å². The van der Waals surface area contributed by atoms with Crippen molar-refractivity contribution in [1.29, 1.82) is 0 Å². The third-order valence-corrected chi connectivity index (χ3v) is 3.88. The fourth-order valence-corrected chi connectivity index (χ4v) is 2.58. The van der Waals surface area contributed by atoms with E-state index >= 15 is 0 Å². The molecule has 3 rings (SSSR count). The van der Waals surface area contributed by atoms with Gasteiger partial charge in [-0.25, -0.2) is 15.6 Å². The summed E-state index contributed by atoms with van der Waals surface area (Å²) in [5.41, 5.74) is 9.30. The van der Waals surface area contributed by atoms with Gasteiger partial charge >= 0.3 is 5.97 Å². The highest BCUT2D eigenvalue weighted by Crippen LogP contribution is 2.33. The second-order valence-corrected chi connectivity index (χ2v) is 5.57. The van der Waals surface area contributed by atoms with Gasteiger partial charge < -0.3 is 31.0 Å². The Hall–Kier alpha value is -3.79. The fourth-order valence-electron chi connectivity index (χ4n) is 2.58. The number of nitrogens with zero attached hydrogens (tertiary/aromatic N) is 1. The van der Waals surface area contributed by atoms with Crippen LogP contribution in [0.25, 0.3) is 22.5 Å². The van der Waals surface area contributed by atoms with Gasteiger partial charge in [0.2, 0.25) is 0 Å². The number of benzene rings is 1. The maximum atomic E-state index is 12.0. The number of aromatic amines is 2. The first-order chi connectivity index (χ1) is 12.9. The molecular weight excluding hydrogens is 352 g/mol. The lowest BCUT2D eigenvalue weighted by molar-refractivity contribution is 0.0691. The van der Waals surface area contributed by atoms with Gasteiger partial charge in [0.25, 0.3) is 5.56 Å². The number of aromatic carboxylic acids is 1. The van der Waals surface area contributed by atoms with Gasteiger partial charge in [-0.1, -0.05) is 6.07 Å². The lowest BCUT2D eigenvalue weighted by atomic mass is 10.0. The topological polar surface area (TPSA) is 172 Å². The molecule has 2 heterocycles. The number of hydrogen-bond donors (Lipinski definition) is 6. The average Bonchev–Trinajstić information content (AvgIpc) is 3.15. The monoisotopic (exact) mass is 370 g/mol. The molecule has 0 aliphatic rings. The number of aromatic nitrogens is 3. The van der Waals surface area contributed by atoms with Crippen LogP contribution in [0.5, 0.6) is 5.75 Å². The molecule has 10 nitrogen and oxygen atoms in total. The molecule has 8 N–H and O–H groups in total. The second kappa shape index (κ2) is 7.22.